The number of thiophene rings is 1. The number of anilines is 1. The minimum atomic E-state index is -0.880. The van der Waals surface area contributed by atoms with Crippen LogP contribution in [0.5, 0.6) is 0 Å². The van der Waals surface area contributed by atoms with E-state index >= 15 is 0 Å². The van der Waals surface area contributed by atoms with Gasteiger partial charge in [0.25, 0.3) is 0 Å². The van der Waals surface area contributed by atoms with Crippen LogP contribution in [0.4, 0.5) is 5.00 Å². The predicted molar refractivity (Wildman–Crippen MR) is 101 cm³/mol. The van der Waals surface area contributed by atoms with Gasteiger partial charge >= 0.3 is 11.9 Å². The first-order chi connectivity index (χ1) is 12.9. The highest BCUT2D eigenvalue weighted by atomic mass is 32.1. The van der Waals surface area contributed by atoms with Crippen molar-refractivity contribution >= 4 is 34.2 Å². The van der Waals surface area contributed by atoms with Gasteiger partial charge in [-0.15, -0.1) is 11.3 Å². The number of amides is 1. The first-order valence-corrected chi connectivity index (χ1v) is 10.5. The van der Waals surface area contributed by atoms with E-state index < -0.39 is 23.8 Å². The zero-order valence-electron chi connectivity index (χ0n) is 15.6. The third kappa shape index (κ3) is 3.06. The molecule has 0 saturated heterocycles. The topological polar surface area (TPSA) is 92.7 Å². The molecule has 3 aliphatic carbocycles. The van der Waals surface area contributed by atoms with Crippen LogP contribution in [0.1, 0.15) is 53.4 Å². The largest absolute Gasteiger partial charge is 0.481 e. The number of carboxylic acids is 1. The maximum absolute atomic E-state index is 13.0. The number of methoxy groups -OCH3 is 1. The van der Waals surface area contributed by atoms with Gasteiger partial charge in [0.2, 0.25) is 5.91 Å². The van der Waals surface area contributed by atoms with Gasteiger partial charge < -0.3 is 15.2 Å². The molecule has 2 fully saturated rings. The Labute approximate surface area is 162 Å². The number of fused-ring (bicyclic) bond motifs is 3. The Morgan fingerprint density at radius 2 is 1.85 bits per heavy atom. The fourth-order valence-corrected chi connectivity index (χ4v) is 6.78. The summed E-state index contributed by atoms with van der Waals surface area (Å²) in [6.45, 7) is 2.19. The quantitative estimate of drug-likeness (QED) is 0.768. The van der Waals surface area contributed by atoms with Crippen LogP contribution in [0.25, 0.3) is 0 Å². The van der Waals surface area contributed by atoms with Crippen molar-refractivity contribution in [3.63, 3.8) is 0 Å². The number of hydrogen-bond donors (Lipinski definition) is 2. The lowest BCUT2D eigenvalue weighted by Crippen LogP contribution is -2.38. The molecule has 0 radical (unpaired) electrons. The molecule has 1 aromatic rings. The second-order valence-corrected chi connectivity index (χ2v) is 9.36. The summed E-state index contributed by atoms with van der Waals surface area (Å²) in [5.41, 5.74) is 1.45. The van der Waals surface area contributed by atoms with Crippen molar-refractivity contribution < 1.29 is 24.2 Å². The molecule has 1 amide bonds. The number of rotatable bonds is 4. The summed E-state index contributed by atoms with van der Waals surface area (Å²) in [7, 11) is 1.35. The van der Waals surface area contributed by atoms with Crippen molar-refractivity contribution in [3.8, 4) is 0 Å². The monoisotopic (exact) mass is 391 g/mol. The highest BCUT2D eigenvalue weighted by Crippen LogP contribution is 2.53. The molecule has 7 heteroatoms. The fourth-order valence-electron chi connectivity index (χ4n) is 5.38. The van der Waals surface area contributed by atoms with E-state index in [9.17, 15) is 19.5 Å². The normalized spacial score (nSPS) is 31.4. The van der Waals surface area contributed by atoms with E-state index in [2.05, 4.69) is 12.2 Å². The van der Waals surface area contributed by atoms with Crippen LogP contribution < -0.4 is 5.32 Å². The van der Waals surface area contributed by atoms with E-state index in [1.165, 1.54) is 18.4 Å². The summed E-state index contributed by atoms with van der Waals surface area (Å²) < 4.78 is 4.97. The number of aliphatic carboxylic acids is 1. The van der Waals surface area contributed by atoms with Crippen LogP contribution in [0, 0.1) is 29.6 Å². The molecule has 6 nitrogen and oxygen atoms in total. The third-order valence-electron chi connectivity index (χ3n) is 6.64. The van der Waals surface area contributed by atoms with Gasteiger partial charge in [-0.1, -0.05) is 6.92 Å². The summed E-state index contributed by atoms with van der Waals surface area (Å²) in [6, 6.07) is 0. The van der Waals surface area contributed by atoms with Crippen molar-refractivity contribution in [2.24, 2.45) is 29.6 Å². The number of nitrogens with one attached hydrogen (secondary N) is 1. The van der Waals surface area contributed by atoms with Crippen LogP contribution in [0.2, 0.25) is 0 Å². The number of ether oxygens (including phenoxy) is 1. The molecule has 146 valence electrons. The van der Waals surface area contributed by atoms with Gasteiger partial charge in [0.1, 0.15) is 5.00 Å². The molecule has 2 saturated carbocycles. The summed E-state index contributed by atoms with van der Waals surface area (Å²) in [5.74, 6) is -1.91. The van der Waals surface area contributed by atoms with E-state index in [0.29, 0.717) is 16.5 Å². The number of esters is 1. The lowest BCUT2D eigenvalue weighted by Gasteiger charge is -2.26. The van der Waals surface area contributed by atoms with Crippen molar-refractivity contribution in [1.29, 1.82) is 0 Å². The summed E-state index contributed by atoms with van der Waals surface area (Å²) in [4.78, 5) is 38.3. The standard InChI is InChI=1S/C20H25NO5S/c1-9-3-6-12-13(7-9)27-18(16(12)20(25)26-2)21-17(22)14-10-4-5-11(8-10)15(14)19(23)24/h9-11,14-15H,3-8H2,1-2H3,(H,21,22)(H,23,24)/t9-,10-,11-,14+,15+/m0/s1. The smallest absolute Gasteiger partial charge is 0.341 e. The van der Waals surface area contributed by atoms with E-state index in [4.69, 9.17) is 4.74 Å². The number of carbonyl (C=O) groups excluding carboxylic acids is 2. The average Bonchev–Trinajstić information content (AvgIpc) is 3.32. The molecule has 0 aromatic carbocycles. The molecule has 5 atom stereocenters. The lowest BCUT2D eigenvalue weighted by molar-refractivity contribution is -0.148. The first kappa shape index (κ1) is 18.5. The minimum Gasteiger partial charge on any atom is -0.481 e. The summed E-state index contributed by atoms with van der Waals surface area (Å²) >= 11 is 1.45. The average molecular weight is 391 g/mol. The minimum absolute atomic E-state index is 0.0979. The SMILES string of the molecule is COC(=O)c1c(NC(=O)[C@@H]2[C@H]3CC[C@@H](C3)[C@H]2C(=O)O)sc2c1CC[C@H](C)C2. The van der Waals surface area contributed by atoms with E-state index in [1.807, 2.05) is 0 Å². The van der Waals surface area contributed by atoms with Crippen LogP contribution in [0.3, 0.4) is 0 Å². The van der Waals surface area contributed by atoms with Crippen molar-refractivity contribution in [3.05, 3.63) is 16.0 Å². The molecular weight excluding hydrogens is 366 g/mol. The molecule has 0 aliphatic heterocycles. The van der Waals surface area contributed by atoms with Gasteiger partial charge in [-0.3, -0.25) is 9.59 Å². The van der Waals surface area contributed by atoms with E-state index in [1.54, 1.807) is 0 Å². The molecule has 3 aliphatic rings. The van der Waals surface area contributed by atoms with E-state index in [0.717, 1.165) is 49.0 Å². The van der Waals surface area contributed by atoms with Gasteiger partial charge in [-0.2, -0.15) is 0 Å². The first-order valence-electron chi connectivity index (χ1n) is 9.67. The van der Waals surface area contributed by atoms with Crippen LogP contribution in [-0.4, -0.2) is 30.1 Å². The molecule has 2 bridgehead atoms. The van der Waals surface area contributed by atoms with Crippen LogP contribution >= 0.6 is 11.3 Å². The zero-order chi connectivity index (χ0) is 19.3. The highest BCUT2D eigenvalue weighted by Gasteiger charge is 2.54. The van der Waals surface area contributed by atoms with Gasteiger partial charge in [-0.25, -0.2) is 4.79 Å². The molecule has 1 aromatic heterocycles. The maximum atomic E-state index is 13.0. The fraction of sp³-hybridized carbons (Fsp3) is 0.650. The maximum Gasteiger partial charge on any atom is 0.341 e. The second-order valence-electron chi connectivity index (χ2n) is 8.26. The third-order valence-corrected chi connectivity index (χ3v) is 7.81. The Hall–Kier alpha value is -1.89. The highest BCUT2D eigenvalue weighted by molar-refractivity contribution is 7.17. The van der Waals surface area contributed by atoms with E-state index in [-0.39, 0.29) is 17.7 Å². The molecule has 0 spiro atoms. The number of carbonyl (C=O) groups is 3. The Morgan fingerprint density at radius 1 is 1.15 bits per heavy atom. The zero-order valence-corrected chi connectivity index (χ0v) is 16.4. The van der Waals surface area contributed by atoms with Gasteiger partial charge in [0, 0.05) is 4.88 Å². The molecule has 0 unspecified atom stereocenters. The molecule has 4 rings (SSSR count). The Bertz CT molecular complexity index is 801. The molecule has 27 heavy (non-hydrogen) atoms. The predicted octanol–water partition coefficient (Wildman–Crippen LogP) is 3.34. The molecular formula is C20H25NO5S. The van der Waals surface area contributed by atoms with Gasteiger partial charge in [0.15, 0.2) is 0 Å². The molecule has 2 N–H and O–H groups in total. The summed E-state index contributed by atoms with van der Waals surface area (Å²) in [6.07, 6.45) is 5.33. The van der Waals surface area contributed by atoms with Crippen LogP contribution in [0.15, 0.2) is 0 Å². The molecule has 1 heterocycles. The Kier molecular flexibility index (Phi) is 4.74. The van der Waals surface area contributed by atoms with Crippen LogP contribution in [-0.2, 0) is 27.2 Å². The Balaban J connectivity index is 1.63. The second kappa shape index (κ2) is 6.93. The van der Waals surface area contributed by atoms with Crippen molar-refractivity contribution in [1.82, 2.24) is 0 Å². The Morgan fingerprint density at radius 3 is 2.52 bits per heavy atom. The number of carboxylic acid groups (broad SMARTS) is 1. The van der Waals surface area contributed by atoms with Gasteiger partial charge in [0.05, 0.1) is 24.5 Å². The summed E-state index contributed by atoms with van der Waals surface area (Å²) in [5, 5.41) is 13.1. The van der Waals surface area contributed by atoms with Crippen molar-refractivity contribution in [2.45, 2.75) is 45.4 Å². The lowest BCUT2D eigenvalue weighted by atomic mass is 9.78. The number of hydrogen-bond acceptors (Lipinski definition) is 5. The van der Waals surface area contributed by atoms with Crippen molar-refractivity contribution in [2.75, 3.05) is 12.4 Å². The van der Waals surface area contributed by atoms with Gasteiger partial charge in [-0.05, 0) is 61.8 Å².